The molecular formula is C13H14FN3O2S. The van der Waals surface area contributed by atoms with E-state index in [0.29, 0.717) is 10.7 Å². The Morgan fingerprint density at radius 1 is 1.45 bits per heavy atom. The number of hydrogen-bond acceptors (Lipinski definition) is 4. The van der Waals surface area contributed by atoms with Crippen molar-refractivity contribution in [1.82, 2.24) is 10.3 Å². The topological polar surface area (TPSA) is 74.2 Å². The number of aliphatic hydroxyl groups is 1. The van der Waals surface area contributed by atoms with Crippen molar-refractivity contribution in [3.63, 3.8) is 0 Å². The Balaban J connectivity index is 1.82. The molecule has 20 heavy (non-hydrogen) atoms. The van der Waals surface area contributed by atoms with Crippen molar-refractivity contribution in [2.75, 3.05) is 11.9 Å². The van der Waals surface area contributed by atoms with Crippen molar-refractivity contribution in [2.24, 2.45) is 0 Å². The zero-order valence-electron chi connectivity index (χ0n) is 10.8. The van der Waals surface area contributed by atoms with Crippen molar-refractivity contribution in [3.05, 3.63) is 46.7 Å². The molecule has 1 aromatic heterocycles. The Labute approximate surface area is 119 Å². The summed E-state index contributed by atoms with van der Waals surface area (Å²) in [5.41, 5.74) is 1.37. The van der Waals surface area contributed by atoms with Gasteiger partial charge in [0.25, 0.3) is 0 Å². The standard InChI is InChI=1S/C13H14FN3O2S/c1-8-7-20-13(16-8)17-12(19)15-6-11(18)9-2-4-10(14)5-3-9/h2-5,7,11,18H,6H2,1H3,(H2,15,16,17,19). The quantitative estimate of drug-likeness (QED) is 0.811. The number of rotatable bonds is 4. The number of thiazole rings is 1. The van der Waals surface area contributed by atoms with Gasteiger partial charge in [-0.1, -0.05) is 12.1 Å². The van der Waals surface area contributed by atoms with Crippen LogP contribution in [0.25, 0.3) is 0 Å². The third-order valence-electron chi connectivity index (χ3n) is 2.55. The summed E-state index contributed by atoms with van der Waals surface area (Å²) in [6.45, 7) is 1.86. The Morgan fingerprint density at radius 3 is 2.75 bits per heavy atom. The van der Waals surface area contributed by atoms with Gasteiger partial charge in [-0.25, -0.2) is 14.2 Å². The number of benzene rings is 1. The fraction of sp³-hybridized carbons (Fsp3) is 0.231. The van der Waals surface area contributed by atoms with Crippen molar-refractivity contribution < 1.29 is 14.3 Å². The molecule has 0 aliphatic carbocycles. The van der Waals surface area contributed by atoms with Crippen molar-refractivity contribution in [3.8, 4) is 0 Å². The molecule has 2 rings (SSSR count). The number of hydrogen-bond donors (Lipinski definition) is 3. The number of anilines is 1. The fourth-order valence-corrected chi connectivity index (χ4v) is 2.23. The maximum atomic E-state index is 12.7. The van der Waals surface area contributed by atoms with Crippen LogP contribution in [0.15, 0.2) is 29.6 Å². The molecule has 0 saturated heterocycles. The number of halogens is 1. The summed E-state index contributed by atoms with van der Waals surface area (Å²) >= 11 is 1.32. The minimum absolute atomic E-state index is 0.0296. The van der Waals surface area contributed by atoms with E-state index in [9.17, 15) is 14.3 Å². The molecule has 106 valence electrons. The number of aryl methyl sites for hydroxylation is 1. The number of aliphatic hydroxyl groups excluding tert-OH is 1. The smallest absolute Gasteiger partial charge is 0.321 e. The second-order valence-electron chi connectivity index (χ2n) is 4.20. The SMILES string of the molecule is Cc1csc(NC(=O)NCC(O)c2ccc(F)cc2)n1. The predicted octanol–water partition coefficient (Wildman–Crippen LogP) is 2.45. The number of carbonyl (C=O) groups is 1. The fourth-order valence-electron chi connectivity index (χ4n) is 1.54. The van der Waals surface area contributed by atoms with Gasteiger partial charge in [0.2, 0.25) is 0 Å². The van der Waals surface area contributed by atoms with Gasteiger partial charge >= 0.3 is 6.03 Å². The molecule has 0 spiro atoms. The van der Waals surface area contributed by atoms with Gasteiger partial charge in [0, 0.05) is 11.9 Å². The normalized spacial score (nSPS) is 11.9. The first-order chi connectivity index (χ1) is 9.54. The van der Waals surface area contributed by atoms with E-state index in [1.807, 2.05) is 12.3 Å². The molecule has 2 aromatic rings. The van der Waals surface area contributed by atoms with Crippen LogP contribution in [-0.4, -0.2) is 22.7 Å². The van der Waals surface area contributed by atoms with Crippen LogP contribution in [0.3, 0.4) is 0 Å². The molecule has 1 unspecified atom stereocenters. The molecule has 5 nitrogen and oxygen atoms in total. The summed E-state index contributed by atoms with van der Waals surface area (Å²) in [4.78, 5) is 15.7. The Bertz CT molecular complexity index is 586. The molecule has 0 radical (unpaired) electrons. The number of aromatic nitrogens is 1. The zero-order chi connectivity index (χ0) is 14.5. The Morgan fingerprint density at radius 2 is 2.15 bits per heavy atom. The first kappa shape index (κ1) is 14.4. The van der Waals surface area contributed by atoms with E-state index >= 15 is 0 Å². The highest BCUT2D eigenvalue weighted by Gasteiger charge is 2.10. The van der Waals surface area contributed by atoms with Crippen LogP contribution in [-0.2, 0) is 0 Å². The first-order valence-corrected chi connectivity index (χ1v) is 6.83. The molecular weight excluding hydrogens is 281 g/mol. The minimum atomic E-state index is -0.889. The first-order valence-electron chi connectivity index (χ1n) is 5.95. The van der Waals surface area contributed by atoms with Crippen LogP contribution < -0.4 is 10.6 Å². The minimum Gasteiger partial charge on any atom is -0.387 e. The summed E-state index contributed by atoms with van der Waals surface area (Å²) in [6, 6.07) is 5.03. The van der Waals surface area contributed by atoms with Crippen molar-refractivity contribution in [1.29, 1.82) is 0 Å². The van der Waals surface area contributed by atoms with Gasteiger partial charge in [-0.15, -0.1) is 11.3 Å². The third-order valence-corrected chi connectivity index (χ3v) is 3.43. The Kier molecular flexibility index (Phi) is 4.65. The number of nitrogens with zero attached hydrogens (tertiary/aromatic N) is 1. The number of carbonyl (C=O) groups excluding carboxylic acids is 1. The van der Waals surface area contributed by atoms with Gasteiger partial charge in [0.05, 0.1) is 11.8 Å². The van der Waals surface area contributed by atoms with Gasteiger partial charge in [0.1, 0.15) is 5.82 Å². The molecule has 1 aromatic carbocycles. The lowest BCUT2D eigenvalue weighted by molar-refractivity contribution is 0.175. The molecule has 0 bridgehead atoms. The van der Waals surface area contributed by atoms with Gasteiger partial charge in [-0.05, 0) is 24.6 Å². The van der Waals surface area contributed by atoms with E-state index in [2.05, 4.69) is 15.6 Å². The molecule has 3 N–H and O–H groups in total. The summed E-state index contributed by atoms with van der Waals surface area (Å²) in [6.07, 6.45) is -0.889. The van der Waals surface area contributed by atoms with Crippen LogP contribution in [0.4, 0.5) is 14.3 Å². The highest BCUT2D eigenvalue weighted by Crippen LogP contribution is 2.15. The summed E-state index contributed by atoms with van der Waals surface area (Å²) in [5, 5.41) is 17.3. The molecule has 0 fully saturated rings. The monoisotopic (exact) mass is 295 g/mol. The zero-order valence-corrected chi connectivity index (χ0v) is 11.6. The van der Waals surface area contributed by atoms with Gasteiger partial charge in [0.15, 0.2) is 5.13 Å². The Hall–Kier alpha value is -1.99. The van der Waals surface area contributed by atoms with E-state index in [0.717, 1.165) is 5.69 Å². The second kappa shape index (κ2) is 6.44. The van der Waals surface area contributed by atoms with E-state index in [1.54, 1.807) is 0 Å². The van der Waals surface area contributed by atoms with Crippen molar-refractivity contribution in [2.45, 2.75) is 13.0 Å². The molecule has 0 saturated carbocycles. The number of nitrogens with one attached hydrogen (secondary N) is 2. The highest BCUT2D eigenvalue weighted by molar-refractivity contribution is 7.13. The molecule has 7 heteroatoms. The van der Waals surface area contributed by atoms with Crippen LogP contribution in [0.2, 0.25) is 0 Å². The van der Waals surface area contributed by atoms with Crippen LogP contribution in [0, 0.1) is 12.7 Å². The van der Waals surface area contributed by atoms with Gasteiger partial charge in [-0.3, -0.25) is 5.32 Å². The summed E-state index contributed by atoms with van der Waals surface area (Å²) in [7, 11) is 0. The van der Waals surface area contributed by atoms with E-state index < -0.39 is 12.1 Å². The third kappa shape index (κ3) is 4.01. The highest BCUT2D eigenvalue weighted by atomic mass is 32.1. The van der Waals surface area contributed by atoms with Crippen LogP contribution >= 0.6 is 11.3 Å². The summed E-state index contributed by atoms with van der Waals surface area (Å²) < 4.78 is 12.7. The lowest BCUT2D eigenvalue weighted by Crippen LogP contribution is -2.32. The van der Waals surface area contributed by atoms with E-state index in [-0.39, 0.29) is 12.4 Å². The molecule has 1 atom stereocenters. The largest absolute Gasteiger partial charge is 0.387 e. The predicted molar refractivity (Wildman–Crippen MR) is 75.2 cm³/mol. The van der Waals surface area contributed by atoms with Crippen molar-refractivity contribution >= 4 is 22.5 Å². The lowest BCUT2D eigenvalue weighted by atomic mass is 10.1. The molecule has 1 heterocycles. The number of urea groups is 1. The maximum absolute atomic E-state index is 12.7. The van der Waals surface area contributed by atoms with Crippen LogP contribution in [0.1, 0.15) is 17.4 Å². The average Bonchev–Trinajstić information content (AvgIpc) is 2.82. The van der Waals surface area contributed by atoms with Gasteiger partial charge < -0.3 is 10.4 Å². The lowest BCUT2D eigenvalue weighted by Gasteiger charge is -2.12. The summed E-state index contributed by atoms with van der Waals surface area (Å²) in [5.74, 6) is -0.370. The molecule has 0 aliphatic heterocycles. The van der Waals surface area contributed by atoms with E-state index in [1.165, 1.54) is 35.6 Å². The van der Waals surface area contributed by atoms with E-state index in [4.69, 9.17) is 0 Å². The van der Waals surface area contributed by atoms with Crippen LogP contribution in [0.5, 0.6) is 0 Å². The molecule has 2 amide bonds. The maximum Gasteiger partial charge on any atom is 0.321 e. The average molecular weight is 295 g/mol. The second-order valence-corrected chi connectivity index (χ2v) is 5.05. The van der Waals surface area contributed by atoms with Gasteiger partial charge in [-0.2, -0.15) is 0 Å². The molecule has 0 aliphatic rings. The number of amides is 2.